The molecule has 1 aliphatic heterocycles. The van der Waals surface area contributed by atoms with Gasteiger partial charge in [0.15, 0.2) is 17.6 Å². The summed E-state index contributed by atoms with van der Waals surface area (Å²) in [5, 5.41) is 11.6. The minimum Gasteiger partial charge on any atom is -0.490 e. The normalized spacial score (nSPS) is 15.3. The number of hydrogen-bond acceptors (Lipinski definition) is 8. The summed E-state index contributed by atoms with van der Waals surface area (Å²) in [6, 6.07) is 5.46. The zero-order valence-electron chi connectivity index (χ0n) is 18.4. The van der Waals surface area contributed by atoms with E-state index < -0.39 is 30.0 Å². The van der Waals surface area contributed by atoms with Gasteiger partial charge in [0.1, 0.15) is 11.5 Å². The van der Waals surface area contributed by atoms with E-state index in [4.69, 9.17) is 19.0 Å². The first-order valence-corrected chi connectivity index (χ1v) is 11.1. The van der Waals surface area contributed by atoms with E-state index in [1.165, 1.54) is 32.2 Å². The maximum Gasteiger partial charge on any atom is 0.373 e. The third-order valence-corrected chi connectivity index (χ3v) is 5.41. The average Bonchev–Trinajstić information content (AvgIpc) is 3.36. The lowest BCUT2D eigenvalue weighted by Gasteiger charge is -2.17. The first kappa shape index (κ1) is 25.1. The van der Waals surface area contributed by atoms with Crippen molar-refractivity contribution in [2.24, 2.45) is 0 Å². The molecular formula is C22H21IN2O9. The lowest BCUT2D eigenvalue weighted by molar-refractivity contribution is -0.144. The molecule has 34 heavy (non-hydrogen) atoms. The topological polar surface area (TPSA) is 145 Å². The van der Waals surface area contributed by atoms with Crippen LogP contribution in [-0.4, -0.2) is 53.7 Å². The van der Waals surface area contributed by atoms with E-state index in [0.717, 1.165) is 4.90 Å². The zero-order valence-corrected chi connectivity index (χ0v) is 20.6. The monoisotopic (exact) mass is 584 g/mol. The fourth-order valence-electron chi connectivity index (χ4n) is 2.99. The lowest BCUT2D eigenvalue weighted by atomic mass is 10.1. The maximum absolute atomic E-state index is 12.8. The quantitative estimate of drug-likeness (QED) is 0.197. The van der Waals surface area contributed by atoms with E-state index >= 15 is 0 Å². The largest absolute Gasteiger partial charge is 0.490 e. The summed E-state index contributed by atoms with van der Waals surface area (Å²) in [7, 11) is 1.21. The second-order valence-electron chi connectivity index (χ2n) is 7.00. The summed E-state index contributed by atoms with van der Waals surface area (Å²) in [6.07, 6.45) is 0.375. The number of furan rings is 1. The number of methoxy groups -OCH3 is 1. The number of carbonyl (C=O) groups excluding carboxylic acids is 3. The number of esters is 1. The number of ether oxygens (including phenoxy) is 3. The van der Waals surface area contributed by atoms with Crippen LogP contribution in [0.25, 0.3) is 6.08 Å². The SMILES string of the molecule is CCOc1cc(/C=C2\NC(=O)N(Cc3ccc(C(=O)OC)o3)C2=O)cc(I)c1O[C@@H](C)C(=O)O. The fourth-order valence-corrected chi connectivity index (χ4v) is 3.74. The Bertz CT molecular complexity index is 1170. The van der Waals surface area contributed by atoms with Crippen LogP contribution in [0.15, 0.2) is 34.4 Å². The molecule has 3 amide bonds. The van der Waals surface area contributed by atoms with Crippen LogP contribution < -0.4 is 14.8 Å². The average molecular weight is 584 g/mol. The molecule has 1 atom stereocenters. The van der Waals surface area contributed by atoms with Crippen molar-refractivity contribution >= 4 is 52.5 Å². The Labute approximate surface area is 207 Å². The Kier molecular flexibility index (Phi) is 7.81. The summed E-state index contributed by atoms with van der Waals surface area (Å²) < 4.78 is 21.6. The fraction of sp³-hybridized carbons (Fsp3) is 0.273. The van der Waals surface area contributed by atoms with Gasteiger partial charge in [-0.15, -0.1) is 0 Å². The molecule has 3 rings (SSSR count). The van der Waals surface area contributed by atoms with Crippen LogP contribution in [0.1, 0.15) is 35.7 Å². The van der Waals surface area contributed by atoms with Crippen LogP contribution in [0.4, 0.5) is 4.79 Å². The zero-order chi connectivity index (χ0) is 25.0. The van der Waals surface area contributed by atoms with Crippen molar-refractivity contribution in [3.8, 4) is 11.5 Å². The molecule has 180 valence electrons. The number of amides is 3. The van der Waals surface area contributed by atoms with Crippen molar-refractivity contribution in [1.82, 2.24) is 10.2 Å². The molecule has 1 fully saturated rings. The first-order valence-electron chi connectivity index (χ1n) is 10.0. The highest BCUT2D eigenvalue weighted by atomic mass is 127. The van der Waals surface area contributed by atoms with Gasteiger partial charge in [-0.1, -0.05) is 0 Å². The van der Waals surface area contributed by atoms with Crippen LogP contribution in [0.5, 0.6) is 11.5 Å². The molecule has 12 heteroatoms. The number of carboxylic acid groups (broad SMARTS) is 1. The van der Waals surface area contributed by atoms with Crippen molar-refractivity contribution in [1.29, 1.82) is 0 Å². The highest BCUT2D eigenvalue weighted by Gasteiger charge is 2.34. The third-order valence-electron chi connectivity index (χ3n) is 4.61. The van der Waals surface area contributed by atoms with E-state index in [1.807, 2.05) is 22.6 Å². The second kappa shape index (κ2) is 10.6. The number of aliphatic carboxylic acids is 1. The molecule has 1 aliphatic rings. The molecule has 1 saturated heterocycles. The molecule has 0 aliphatic carbocycles. The Morgan fingerprint density at radius 3 is 2.68 bits per heavy atom. The number of carboxylic acids is 1. The molecule has 2 N–H and O–H groups in total. The van der Waals surface area contributed by atoms with Gasteiger partial charge in [-0.2, -0.15) is 0 Å². The number of halogens is 1. The van der Waals surface area contributed by atoms with Gasteiger partial charge in [0, 0.05) is 0 Å². The lowest BCUT2D eigenvalue weighted by Crippen LogP contribution is -2.30. The van der Waals surface area contributed by atoms with Crippen molar-refractivity contribution in [2.45, 2.75) is 26.5 Å². The van der Waals surface area contributed by atoms with Gasteiger partial charge in [0.25, 0.3) is 5.91 Å². The number of nitrogens with zero attached hydrogens (tertiary/aromatic N) is 1. The molecule has 1 aromatic carbocycles. The van der Waals surface area contributed by atoms with E-state index in [1.54, 1.807) is 19.1 Å². The van der Waals surface area contributed by atoms with Gasteiger partial charge in [-0.3, -0.25) is 9.69 Å². The van der Waals surface area contributed by atoms with E-state index in [0.29, 0.717) is 21.5 Å². The molecule has 0 spiro atoms. The molecule has 0 radical (unpaired) electrons. The van der Waals surface area contributed by atoms with Crippen LogP contribution >= 0.6 is 22.6 Å². The van der Waals surface area contributed by atoms with Crippen molar-refractivity contribution < 1.29 is 42.9 Å². The van der Waals surface area contributed by atoms with Crippen molar-refractivity contribution in [3.05, 3.63) is 50.6 Å². The first-order chi connectivity index (χ1) is 16.1. The van der Waals surface area contributed by atoms with Gasteiger partial charge >= 0.3 is 18.0 Å². The highest BCUT2D eigenvalue weighted by molar-refractivity contribution is 14.1. The number of urea groups is 1. The summed E-state index contributed by atoms with van der Waals surface area (Å²) in [5.74, 6) is -1.64. The van der Waals surface area contributed by atoms with Gasteiger partial charge in [0.2, 0.25) is 5.76 Å². The minimum atomic E-state index is -1.13. The van der Waals surface area contributed by atoms with Gasteiger partial charge < -0.3 is 29.1 Å². The number of imide groups is 1. The van der Waals surface area contributed by atoms with Crippen LogP contribution in [0.2, 0.25) is 0 Å². The van der Waals surface area contributed by atoms with Crippen LogP contribution in [0.3, 0.4) is 0 Å². The Morgan fingerprint density at radius 1 is 1.29 bits per heavy atom. The predicted molar refractivity (Wildman–Crippen MR) is 125 cm³/mol. The molecule has 2 heterocycles. The van der Waals surface area contributed by atoms with E-state index in [2.05, 4.69) is 10.1 Å². The van der Waals surface area contributed by atoms with Gasteiger partial charge in [-0.25, -0.2) is 14.4 Å². The summed E-state index contributed by atoms with van der Waals surface area (Å²) in [4.78, 5) is 48.8. The van der Waals surface area contributed by atoms with Crippen LogP contribution in [0, 0.1) is 3.57 Å². The minimum absolute atomic E-state index is 0.0237. The van der Waals surface area contributed by atoms with Crippen molar-refractivity contribution in [3.63, 3.8) is 0 Å². The molecule has 0 bridgehead atoms. The number of rotatable bonds is 9. The molecule has 1 aromatic heterocycles. The van der Waals surface area contributed by atoms with Gasteiger partial charge in [0.05, 0.1) is 23.8 Å². The Morgan fingerprint density at radius 2 is 2.03 bits per heavy atom. The second-order valence-corrected chi connectivity index (χ2v) is 8.16. The van der Waals surface area contributed by atoms with E-state index in [-0.39, 0.29) is 29.5 Å². The maximum atomic E-state index is 12.8. The van der Waals surface area contributed by atoms with E-state index in [9.17, 15) is 19.2 Å². The van der Waals surface area contributed by atoms with Crippen molar-refractivity contribution in [2.75, 3.05) is 13.7 Å². The number of hydrogen-bond donors (Lipinski definition) is 2. The summed E-state index contributed by atoms with van der Waals surface area (Å²) >= 11 is 1.97. The Hall–Kier alpha value is -3.55. The summed E-state index contributed by atoms with van der Waals surface area (Å²) in [5.41, 5.74) is 0.551. The Balaban J connectivity index is 1.84. The molecule has 0 unspecified atom stereocenters. The number of carbonyl (C=O) groups is 4. The molecular weight excluding hydrogens is 563 g/mol. The molecule has 11 nitrogen and oxygen atoms in total. The number of nitrogens with one attached hydrogen (secondary N) is 1. The smallest absolute Gasteiger partial charge is 0.373 e. The molecule has 0 saturated carbocycles. The molecule has 2 aromatic rings. The third kappa shape index (κ3) is 5.50. The standard InChI is InChI=1S/C22H21IN2O9/c1-4-32-17-9-12(7-14(23)18(17)33-11(2)20(27)28)8-15-19(26)25(22(30)24-15)10-13-5-6-16(34-13)21(29)31-3/h5-9,11H,4,10H2,1-3H3,(H,24,30)(H,27,28)/b15-8-/t11-/m0/s1. The predicted octanol–water partition coefficient (Wildman–Crippen LogP) is 3.01. The van der Waals surface area contributed by atoms with Gasteiger partial charge in [-0.05, 0) is 72.3 Å². The number of benzene rings is 1. The highest BCUT2D eigenvalue weighted by Crippen LogP contribution is 2.36. The van der Waals surface area contributed by atoms with Crippen LogP contribution in [-0.2, 0) is 20.9 Å². The summed E-state index contributed by atoms with van der Waals surface area (Å²) in [6.45, 7) is 3.29.